The highest BCUT2D eigenvalue weighted by molar-refractivity contribution is 9.10. The lowest BCUT2D eigenvalue weighted by Gasteiger charge is -2.09. The van der Waals surface area contributed by atoms with Gasteiger partial charge in [0, 0.05) is 22.1 Å². The highest BCUT2D eigenvalue weighted by Crippen LogP contribution is 2.28. The molecule has 0 aromatic heterocycles. The monoisotopic (exact) mass is 258 g/mol. The van der Waals surface area contributed by atoms with Gasteiger partial charge in [-0.3, -0.25) is 10.1 Å². The van der Waals surface area contributed by atoms with Crippen LogP contribution in [0.25, 0.3) is 0 Å². The van der Waals surface area contributed by atoms with Crippen molar-refractivity contribution in [3.05, 3.63) is 38.3 Å². The van der Waals surface area contributed by atoms with Crippen LogP contribution in [0.4, 0.5) is 5.69 Å². The molecule has 0 radical (unpaired) electrons. The smallest absolute Gasteiger partial charge is 0.274 e. The van der Waals surface area contributed by atoms with Crippen molar-refractivity contribution >= 4 is 21.6 Å². The van der Waals surface area contributed by atoms with Gasteiger partial charge in [-0.2, -0.15) is 0 Å². The summed E-state index contributed by atoms with van der Waals surface area (Å²) in [5.74, 6) is 0. The lowest BCUT2D eigenvalue weighted by molar-refractivity contribution is -0.385. The number of nitrogens with zero attached hydrogens (tertiary/aromatic N) is 1. The standard InChI is InChI=1S/C9H11BrN2O2/c1-2-8(11)7-5-6(10)3-4-9(7)12(13)14/h3-5,8H,2,11H2,1H3/t8-/m0/s1. The number of halogens is 1. The van der Waals surface area contributed by atoms with Gasteiger partial charge in [0.05, 0.1) is 4.92 Å². The minimum atomic E-state index is -0.405. The van der Waals surface area contributed by atoms with E-state index >= 15 is 0 Å². The maximum absolute atomic E-state index is 10.7. The van der Waals surface area contributed by atoms with Gasteiger partial charge in [-0.15, -0.1) is 0 Å². The Hall–Kier alpha value is -0.940. The van der Waals surface area contributed by atoms with Gasteiger partial charge in [-0.05, 0) is 18.6 Å². The Balaban J connectivity index is 3.22. The molecule has 0 bridgehead atoms. The van der Waals surface area contributed by atoms with Gasteiger partial charge in [0.15, 0.2) is 0 Å². The Kier molecular flexibility index (Phi) is 3.60. The first-order valence-corrected chi connectivity index (χ1v) is 5.05. The fourth-order valence-electron chi connectivity index (χ4n) is 1.21. The van der Waals surface area contributed by atoms with Crippen LogP contribution in [0.3, 0.4) is 0 Å². The van der Waals surface area contributed by atoms with Crippen molar-refractivity contribution in [1.29, 1.82) is 0 Å². The molecular formula is C9H11BrN2O2. The molecule has 0 fully saturated rings. The van der Waals surface area contributed by atoms with Gasteiger partial charge in [0.25, 0.3) is 5.69 Å². The van der Waals surface area contributed by atoms with Crippen LogP contribution in [-0.2, 0) is 0 Å². The Bertz CT molecular complexity index is 355. The molecule has 0 aliphatic rings. The predicted octanol–water partition coefficient (Wildman–Crippen LogP) is 2.77. The molecule has 1 atom stereocenters. The molecular weight excluding hydrogens is 248 g/mol. The van der Waals surface area contributed by atoms with Crippen LogP contribution in [0.15, 0.2) is 22.7 Å². The van der Waals surface area contributed by atoms with Crippen LogP contribution in [0.1, 0.15) is 24.9 Å². The summed E-state index contributed by atoms with van der Waals surface area (Å²) < 4.78 is 0.807. The molecule has 0 amide bonds. The van der Waals surface area contributed by atoms with E-state index in [9.17, 15) is 10.1 Å². The average Bonchev–Trinajstić information content (AvgIpc) is 2.16. The lowest BCUT2D eigenvalue weighted by atomic mass is 10.0. The molecule has 0 heterocycles. The molecule has 14 heavy (non-hydrogen) atoms. The lowest BCUT2D eigenvalue weighted by Crippen LogP contribution is -2.11. The van der Waals surface area contributed by atoms with Crippen LogP contribution in [0, 0.1) is 10.1 Å². The second-order valence-corrected chi connectivity index (χ2v) is 3.89. The molecule has 2 N–H and O–H groups in total. The summed E-state index contributed by atoms with van der Waals surface area (Å²) in [4.78, 5) is 10.3. The van der Waals surface area contributed by atoms with Crippen LogP contribution < -0.4 is 5.73 Å². The van der Waals surface area contributed by atoms with Crippen molar-refractivity contribution in [2.45, 2.75) is 19.4 Å². The first-order chi connectivity index (χ1) is 6.56. The Morgan fingerprint density at radius 1 is 1.64 bits per heavy atom. The summed E-state index contributed by atoms with van der Waals surface area (Å²) in [5.41, 5.74) is 6.44. The Morgan fingerprint density at radius 2 is 2.29 bits per heavy atom. The summed E-state index contributed by atoms with van der Waals surface area (Å²) >= 11 is 3.26. The van der Waals surface area contributed by atoms with Crippen molar-refractivity contribution in [2.24, 2.45) is 5.73 Å². The zero-order valence-corrected chi connectivity index (χ0v) is 9.32. The third kappa shape index (κ3) is 2.30. The molecule has 1 rings (SSSR count). The van der Waals surface area contributed by atoms with E-state index in [4.69, 9.17) is 5.73 Å². The molecule has 1 aromatic carbocycles. The van der Waals surface area contributed by atoms with Gasteiger partial charge < -0.3 is 5.73 Å². The average molecular weight is 259 g/mol. The van der Waals surface area contributed by atoms with Crippen molar-refractivity contribution in [3.8, 4) is 0 Å². The van der Waals surface area contributed by atoms with Crippen LogP contribution in [-0.4, -0.2) is 4.92 Å². The molecule has 0 saturated carbocycles. The Morgan fingerprint density at radius 3 is 2.79 bits per heavy atom. The van der Waals surface area contributed by atoms with Crippen molar-refractivity contribution in [1.82, 2.24) is 0 Å². The van der Waals surface area contributed by atoms with Gasteiger partial charge in [0.1, 0.15) is 0 Å². The summed E-state index contributed by atoms with van der Waals surface area (Å²) in [5, 5.41) is 10.7. The van der Waals surface area contributed by atoms with Crippen molar-refractivity contribution < 1.29 is 4.92 Å². The maximum atomic E-state index is 10.7. The van der Waals surface area contributed by atoms with Crippen LogP contribution >= 0.6 is 15.9 Å². The number of benzene rings is 1. The van der Waals surface area contributed by atoms with Gasteiger partial charge in [-0.1, -0.05) is 22.9 Å². The van der Waals surface area contributed by atoms with E-state index in [2.05, 4.69) is 15.9 Å². The fraction of sp³-hybridized carbons (Fsp3) is 0.333. The van der Waals surface area contributed by atoms with Crippen LogP contribution in [0.5, 0.6) is 0 Å². The molecule has 4 nitrogen and oxygen atoms in total. The largest absolute Gasteiger partial charge is 0.324 e. The molecule has 0 aliphatic heterocycles. The molecule has 0 spiro atoms. The quantitative estimate of drug-likeness (QED) is 0.670. The van der Waals surface area contributed by atoms with E-state index in [1.807, 2.05) is 6.92 Å². The van der Waals surface area contributed by atoms with E-state index < -0.39 is 4.92 Å². The number of nitro groups is 1. The van der Waals surface area contributed by atoms with Crippen molar-refractivity contribution in [3.63, 3.8) is 0 Å². The molecule has 0 saturated heterocycles. The number of nitrogens with two attached hydrogens (primary N) is 1. The zero-order chi connectivity index (χ0) is 10.7. The maximum Gasteiger partial charge on any atom is 0.274 e. The first-order valence-electron chi connectivity index (χ1n) is 4.25. The first kappa shape index (κ1) is 11.1. The number of rotatable bonds is 3. The van der Waals surface area contributed by atoms with Gasteiger partial charge in [0.2, 0.25) is 0 Å². The van der Waals surface area contributed by atoms with Crippen molar-refractivity contribution in [2.75, 3.05) is 0 Å². The minimum absolute atomic E-state index is 0.0857. The van der Waals surface area contributed by atoms with Gasteiger partial charge >= 0.3 is 0 Å². The van der Waals surface area contributed by atoms with E-state index in [-0.39, 0.29) is 11.7 Å². The highest BCUT2D eigenvalue weighted by atomic mass is 79.9. The molecule has 5 heteroatoms. The predicted molar refractivity (Wildman–Crippen MR) is 58.0 cm³/mol. The SMILES string of the molecule is CC[C@H](N)c1cc(Br)ccc1[N+](=O)[O-]. The second-order valence-electron chi connectivity index (χ2n) is 2.97. The fourth-order valence-corrected chi connectivity index (χ4v) is 1.59. The zero-order valence-electron chi connectivity index (χ0n) is 7.74. The van der Waals surface area contributed by atoms with Gasteiger partial charge in [-0.25, -0.2) is 0 Å². The topological polar surface area (TPSA) is 69.2 Å². The second kappa shape index (κ2) is 4.52. The number of hydrogen-bond acceptors (Lipinski definition) is 3. The molecule has 0 aliphatic carbocycles. The normalized spacial score (nSPS) is 12.5. The molecule has 1 aromatic rings. The van der Waals surface area contributed by atoms with Crippen LogP contribution in [0.2, 0.25) is 0 Å². The third-order valence-corrected chi connectivity index (χ3v) is 2.52. The number of nitro benzene ring substituents is 1. The summed E-state index contributed by atoms with van der Waals surface area (Å²) in [6, 6.07) is 4.53. The third-order valence-electron chi connectivity index (χ3n) is 2.03. The number of hydrogen-bond donors (Lipinski definition) is 1. The summed E-state index contributed by atoms with van der Waals surface area (Å²) in [6.45, 7) is 1.90. The highest BCUT2D eigenvalue weighted by Gasteiger charge is 2.17. The summed E-state index contributed by atoms with van der Waals surface area (Å²) in [6.07, 6.45) is 0.678. The van der Waals surface area contributed by atoms with E-state index in [1.54, 1.807) is 12.1 Å². The Labute approximate surface area is 90.4 Å². The van der Waals surface area contributed by atoms with E-state index in [0.717, 1.165) is 4.47 Å². The minimum Gasteiger partial charge on any atom is -0.324 e. The van der Waals surface area contributed by atoms with E-state index in [0.29, 0.717) is 12.0 Å². The molecule has 76 valence electrons. The van der Waals surface area contributed by atoms with E-state index in [1.165, 1.54) is 6.07 Å². The molecule has 0 unspecified atom stereocenters. The summed E-state index contributed by atoms with van der Waals surface area (Å²) in [7, 11) is 0.